The lowest BCUT2D eigenvalue weighted by Gasteiger charge is -2.14. The van der Waals surface area contributed by atoms with Crippen molar-refractivity contribution in [2.45, 2.75) is 26.9 Å². The molecule has 8 nitrogen and oxygen atoms in total. The topological polar surface area (TPSA) is 88.1 Å². The fraction of sp³-hybridized carbons (Fsp3) is 0.250. The van der Waals surface area contributed by atoms with Crippen molar-refractivity contribution in [2.24, 2.45) is 5.92 Å². The Kier molecular flexibility index (Phi) is 6.20. The van der Waals surface area contributed by atoms with Gasteiger partial charge in [0.25, 0.3) is 5.56 Å². The summed E-state index contributed by atoms with van der Waals surface area (Å²) in [5.74, 6) is -0.334. The summed E-state index contributed by atoms with van der Waals surface area (Å²) in [6, 6.07) is 13.8. The quantitative estimate of drug-likeness (QED) is 0.406. The van der Waals surface area contributed by atoms with Gasteiger partial charge in [-0.2, -0.15) is 0 Å². The second kappa shape index (κ2) is 9.07. The fourth-order valence-electron chi connectivity index (χ4n) is 3.73. The Hall–Kier alpha value is -3.65. The molecule has 0 fully saturated rings. The lowest BCUT2D eigenvalue weighted by Crippen LogP contribution is -2.41. The molecule has 2 aromatic heterocycles. The largest absolute Gasteiger partial charge is 0.465 e. The average molecular weight is 467 g/mol. The number of carbonyl (C=O) groups is 1. The third-order valence-corrected chi connectivity index (χ3v) is 5.48. The van der Waals surface area contributed by atoms with Crippen molar-refractivity contribution in [3.63, 3.8) is 0 Å². The van der Waals surface area contributed by atoms with Crippen molar-refractivity contribution in [1.29, 1.82) is 0 Å². The number of carbonyl (C=O) groups excluding carboxylic acids is 1. The molecule has 0 bridgehead atoms. The van der Waals surface area contributed by atoms with Crippen LogP contribution in [0, 0.1) is 5.92 Å². The van der Waals surface area contributed by atoms with Gasteiger partial charge in [-0.1, -0.05) is 43.6 Å². The van der Waals surface area contributed by atoms with Crippen LogP contribution in [0.3, 0.4) is 0 Å². The van der Waals surface area contributed by atoms with Crippen LogP contribution in [0.25, 0.3) is 16.9 Å². The molecule has 0 saturated heterocycles. The van der Waals surface area contributed by atoms with Crippen LogP contribution in [0.1, 0.15) is 29.8 Å². The molecule has 170 valence electrons. The van der Waals surface area contributed by atoms with E-state index in [1.807, 2.05) is 13.8 Å². The molecule has 33 heavy (non-hydrogen) atoms. The van der Waals surface area contributed by atoms with Crippen LogP contribution in [0.4, 0.5) is 0 Å². The van der Waals surface area contributed by atoms with Gasteiger partial charge in [-0.15, -0.1) is 0 Å². The van der Waals surface area contributed by atoms with E-state index in [-0.39, 0.29) is 18.1 Å². The normalized spacial score (nSPS) is 11.3. The minimum absolute atomic E-state index is 0.0860. The van der Waals surface area contributed by atoms with Crippen LogP contribution in [0.5, 0.6) is 0 Å². The third kappa shape index (κ3) is 4.34. The van der Waals surface area contributed by atoms with Gasteiger partial charge in [0.2, 0.25) is 0 Å². The predicted octanol–water partition coefficient (Wildman–Crippen LogP) is 3.49. The van der Waals surface area contributed by atoms with Gasteiger partial charge in [0, 0.05) is 18.1 Å². The van der Waals surface area contributed by atoms with E-state index < -0.39 is 17.2 Å². The second-order valence-electron chi connectivity index (χ2n) is 8.14. The molecule has 9 heteroatoms. The molecular formula is C24H23ClN4O4. The van der Waals surface area contributed by atoms with E-state index in [2.05, 4.69) is 4.98 Å². The lowest BCUT2D eigenvalue weighted by molar-refractivity contribution is 0.0600. The minimum Gasteiger partial charge on any atom is -0.465 e. The molecule has 2 aromatic carbocycles. The number of hydrogen-bond acceptors (Lipinski definition) is 5. The van der Waals surface area contributed by atoms with E-state index in [0.717, 1.165) is 5.56 Å². The highest BCUT2D eigenvalue weighted by atomic mass is 35.5. The van der Waals surface area contributed by atoms with E-state index in [1.54, 1.807) is 59.4 Å². The number of halogens is 1. The number of rotatable bonds is 6. The summed E-state index contributed by atoms with van der Waals surface area (Å²) in [4.78, 5) is 42.8. The molecule has 0 N–H and O–H groups in total. The molecular weight excluding hydrogens is 444 g/mol. The number of nitrogens with zero attached hydrogens (tertiary/aromatic N) is 4. The summed E-state index contributed by atoms with van der Waals surface area (Å²) in [5, 5.41) is 0.472. The summed E-state index contributed by atoms with van der Waals surface area (Å²) in [7, 11) is 1.33. The number of aromatic nitrogens is 4. The number of ether oxygens (including phenoxy) is 1. The van der Waals surface area contributed by atoms with Crippen LogP contribution >= 0.6 is 11.6 Å². The smallest absolute Gasteiger partial charge is 0.337 e. The summed E-state index contributed by atoms with van der Waals surface area (Å²) in [6.45, 7) is 4.50. The number of hydrogen-bond donors (Lipinski definition) is 0. The highest BCUT2D eigenvalue weighted by molar-refractivity contribution is 6.30. The van der Waals surface area contributed by atoms with Gasteiger partial charge < -0.3 is 9.30 Å². The van der Waals surface area contributed by atoms with Crippen molar-refractivity contribution in [1.82, 2.24) is 18.7 Å². The van der Waals surface area contributed by atoms with Crippen molar-refractivity contribution >= 4 is 28.7 Å². The van der Waals surface area contributed by atoms with E-state index in [0.29, 0.717) is 28.3 Å². The Morgan fingerprint density at radius 3 is 2.48 bits per heavy atom. The third-order valence-electron chi connectivity index (χ3n) is 5.24. The maximum atomic E-state index is 13.4. The summed E-state index contributed by atoms with van der Waals surface area (Å²) < 4.78 is 9.11. The molecule has 0 amide bonds. The molecule has 4 aromatic rings. The molecule has 0 spiro atoms. The molecule has 0 saturated carbocycles. The van der Waals surface area contributed by atoms with Crippen LogP contribution < -0.4 is 11.2 Å². The number of esters is 1. The number of imidazole rings is 1. The van der Waals surface area contributed by atoms with Gasteiger partial charge >= 0.3 is 11.7 Å². The maximum absolute atomic E-state index is 13.4. The first kappa shape index (κ1) is 22.5. The second-order valence-corrected chi connectivity index (χ2v) is 8.58. The fourth-order valence-corrected chi connectivity index (χ4v) is 3.92. The first-order valence-corrected chi connectivity index (χ1v) is 10.8. The van der Waals surface area contributed by atoms with Crippen LogP contribution in [-0.2, 0) is 17.8 Å². The zero-order valence-corrected chi connectivity index (χ0v) is 19.2. The van der Waals surface area contributed by atoms with Crippen LogP contribution in [0.2, 0.25) is 5.02 Å². The van der Waals surface area contributed by atoms with Gasteiger partial charge in [-0.3, -0.25) is 9.36 Å². The van der Waals surface area contributed by atoms with E-state index in [1.165, 1.54) is 16.2 Å². The zero-order chi connectivity index (χ0) is 23.7. The van der Waals surface area contributed by atoms with Crippen molar-refractivity contribution in [2.75, 3.05) is 7.11 Å². The minimum atomic E-state index is -0.462. The number of methoxy groups -OCH3 is 1. The van der Waals surface area contributed by atoms with Crippen molar-refractivity contribution in [3.05, 3.63) is 91.8 Å². The van der Waals surface area contributed by atoms with Crippen molar-refractivity contribution < 1.29 is 9.53 Å². The highest BCUT2D eigenvalue weighted by Gasteiger charge is 2.20. The summed E-state index contributed by atoms with van der Waals surface area (Å²) in [6.07, 6.45) is 1.54. The van der Waals surface area contributed by atoms with Gasteiger partial charge in [-0.05, 0) is 41.8 Å². The monoisotopic (exact) mass is 466 g/mol. The summed E-state index contributed by atoms with van der Waals surface area (Å²) in [5.41, 5.74) is 1.54. The zero-order valence-electron chi connectivity index (χ0n) is 18.5. The molecule has 0 aliphatic heterocycles. The van der Waals surface area contributed by atoms with Gasteiger partial charge in [0.1, 0.15) is 0 Å². The predicted molar refractivity (Wildman–Crippen MR) is 126 cm³/mol. The Morgan fingerprint density at radius 1 is 1.12 bits per heavy atom. The Morgan fingerprint density at radius 2 is 1.85 bits per heavy atom. The van der Waals surface area contributed by atoms with E-state index >= 15 is 0 Å². The van der Waals surface area contributed by atoms with Gasteiger partial charge in [0.15, 0.2) is 11.2 Å². The standard InChI is InChI=1S/C24H23ClN4O4/c1-15(2)12-28-22(30)20-21(29(24(28)32)19-6-4-5-18(25)11-19)26-14-27(20)13-16-7-9-17(10-8-16)23(31)33-3/h4-11,14-15H,12-13H2,1-3H3. The molecule has 0 aliphatic carbocycles. The first-order chi connectivity index (χ1) is 15.8. The number of fused-ring (bicyclic) bond motifs is 1. The molecule has 4 rings (SSSR count). The van der Waals surface area contributed by atoms with Gasteiger partial charge in [-0.25, -0.2) is 19.1 Å². The van der Waals surface area contributed by atoms with Gasteiger partial charge in [0.05, 0.1) is 24.7 Å². The summed E-state index contributed by atoms with van der Waals surface area (Å²) >= 11 is 6.17. The average Bonchev–Trinajstić information content (AvgIpc) is 3.20. The Bertz CT molecular complexity index is 1450. The molecule has 0 unspecified atom stereocenters. The van der Waals surface area contributed by atoms with Crippen LogP contribution in [0.15, 0.2) is 64.4 Å². The SMILES string of the molecule is COC(=O)c1ccc(Cn2cnc3c2c(=O)n(CC(C)C)c(=O)n3-c2cccc(Cl)c2)cc1. The molecule has 0 radical (unpaired) electrons. The lowest BCUT2D eigenvalue weighted by atomic mass is 10.1. The van der Waals surface area contributed by atoms with Crippen LogP contribution in [-0.4, -0.2) is 31.8 Å². The highest BCUT2D eigenvalue weighted by Crippen LogP contribution is 2.18. The van der Waals surface area contributed by atoms with E-state index in [4.69, 9.17) is 16.3 Å². The van der Waals surface area contributed by atoms with E-state index in [9.17, 15) is 14.4 Å². The Labute approximate surface area is 194 Å². The maximum Gasteiger partial charge on any atom is 0.337 e. The molecule has 0 aliphatic rings. The molecule has 0 atom stereocenters. The molecule has 2 heterocycles. The Balaban J connectivity index is 1.89. The first-order valence-electron chi connectivity index (χ1n) is 10.4. The van der Waals surface area contributed by atoms with Crippen molar-refractivity contribution in [3.8, 4) is 5.69 Å². The number of benzene rings is 2.